The Morgan fingerprint density at radius 2 is 1.91 bits per heavy atom. The fraction of sp³-hybridized carbons (Fsp3) is 0.462. The van der Waals surface area contributed by atoms with Gasteiger partial charge in [0.2, 0.25) is 0 Å². The Bertz CT molecular complexity index is 1340. The molecule has 3 aromatic rings. The van der Waals surface area contributed by atoms with Crippen molar-refractivity contribution in [3.05, 3.63) is 58.1 Å². The standard InChI is InChI=1S/C26H29N5O4/c1-17-24(33)31(20-5-3-2-4-19(20)28-17)13-12-26-10-8-25(9-11-26,16-35-26)27-14-18-6-7-21-23(29-18)30-22(32)15-34-21/h2-7,27H,8-16H2,1H3,(H,29,30,32). The number of nitrogens with zero attached hydrogens (tertiary/aromatic N) is 3. The van der Waals surface area contributed by atoms with Crippen LogP contribution in [0, 0.1) is 6.92 Å². The maximum absolute atomic E-state index is 12.8. The highest BCUT2D eigenvalue weighted by Crippen LogP contribution is 2.45. The summed E-state index contributed by atoms with van der Waals surface area (Å²) >= 11 is 0. The zero-order chi connectivity index (χ0) is 24.0. The highest BCUT2D eigenvalue weighted by Gasteiger charge is 2.49. The van der Waals surface area contributed by atoms with Crippen molar-refractivity contribution >= 4 is 22.8 Å². The van der Waals surface area contributed by atoms with E-state index in [-0.39, 0.29) is 29.2 Å². The van der Waals surface area contributed by atoms with Gasteiger partial charge in [0.1, 0.15) is 5.69 Å². The number of rotatable bonds is 6. The number of para-hydroxylation sites is 2. The van der Waals surface area contributed by atoms with E-state index < -0.39 is 0 Å². The van der Waals surface area contributed by atoms with Crippen LogP contribution in [-0.2, 0) is 22.6 Å². The molecule has 182 valence electrons. The molecule has 2 aromatic heterocycles. The molecule has 4 aliphatic rings. The molecule has 1 aromatic carbocycles. The maximum atomic E-state index is 12.8. The molecule has 9 nitrogen and oxygen atoms in total. The Labute approximate surface area is 202 Å². The van der Waals surface area contributed by atoms with E-state index in [0.29, 0.717) is 37.0 Å². The van der Waals surface area contributed by atoms with Gasteiger partial charge in [0.15, 0.2) is 18.2 Å². The summed E-state index contributed by atoms with van der Waals surface area (Å²) in [5, 5.41) is 6.45. The molecule has 3 aliphatic heterocycles. The summed E-state index contributed by atoms with van der Waals surface area (Å²) in [6, 6.07) is 11.6. The van der Waals surface area contributed by atoms with E-state index in [1.165, 1.54) is 0 Å². The fourth-order valence-corrected chi connectivity index (χ4v) is 5.55. The van der Waals surface area contributed by atoms with Crippen molar-refractivity contribution in [1.82, 2.24) is 19.9 Å². The summed E-state index contributed by atoms with van der Waals surface area (Å²) in [6.07, 6.45) is 4.75. The number of hydrogen-bond donors (Lipinski definition) is 2. The molecule has 2 bridgehead atoms. The first-order valence-electron chi connectivity index (χ1n) is 12.2. The zero-order valence-corrected chi connectivity index (χ0v) is 19.8. The summed E-state index contributed by atoms with van der Waals surface area (Å²) in [6.45, 7) is 3.66. The number of nitrogens with one attached hydrogen (secondary N) is 2. The first-order chi connectivity index (χ1) is 16.9. The van der Waals surface area contributed by atoms with Gasteiger partial charge in [-0.2, -0.15) is 0 Å². The lowest BCUT2D eigenvalue weighted by atomic mass is 9.70. The lowest BCUT2D eigenvalue weighted by Gasteiger charge is -2.53. The molecule has 0 unspecified atom stereocenters. The molecule has 1 saturated carbocycles. The number of amides is 1. The Hall–Kier alpha value is -3.30. The minimum Gasteiger partial charge on any atom is -0.480 e. The number of aromatic nitrogens is 3. The van der Waals surface area contributed by atoms with Crippen LogP contribution < -0.4 is 20.9 Å². The molecule has 0 radical (unpaired) electrons. The smallest absolute Gasteiger partial charge is 0.272 e. The number of ether oxygens (including phenoxy) is 2. The lowest BCUT2D eigenvalue weighted by molar-refractivity contribution is -0.167. The van der Waals surface area contributed by atoms with Gasteiger partial charge in [-0.05, 0) is 63.3 Å². The number of carbonyl (C=O) groups is 1. The third-order valence-electron chi connectivity index (χ3n) is 7.76. The molecule has 5 heterocycles. The molecule has 1 aliphatic carbocycles. The van der Waals surface area contributed by atoms with Crippen LogP contribution in [0.3, 0.4) is 0 Å². The Morgan fingerprint density at radius 1 is 1.09 bits per heavy atom. The van der Waals surface area contributed by atoms with E-state index in [2.05, 4.69) is 20.6 Å². The summed E-state index contributed by atoms with van der Waals surface area (Å²) in [5.41, 5.74) is 2.82. The third kappa shape index (κ3) is 4.08. The minimum absolute atomic E-state index is 0.0260. The first kappa shape index (κ1) is 22.2. The number of anilines is 1. The third-order valence-corrected chi connectivity index (χ3v) is 7.76. The molecule has 0 spiro atoms. The molecule has 9 heteroatoms. The number of aryl methyl sites for hydroxylation is 2. The number of hydrogen-bond acceptors (Lipinski definition) is 7. The van der Waals surface area contributed by atoms with Gasteiger partial charge >= 0.3 is 0 Å². The fourth-order valence-electron chi connectivity index (χ4n) is 5.55. The highest BCUT2D eigenvalue weighted by atomic mass is 16.5. The van der Waals surface area contributed by atoms with Gasteiger partial charge < -0.3 is 24.7 Å². The summed E-state index contributed by atoms with van der Waals surface area (Å²) in [5.74, 6) is 0.899. The van der Waals surface area contributed by atoms with Gasteiger partial charge in [0, 0.05) is 18.6 Å². The van der Waals surface area contributed by atoms with Gasteiger partial charge in [0.25, 0.3) is 11.5 Å². The van der Waals surface area contributed by atoms with Crippen LogP contribution in [0.1, 0.15) is 43.5 Å². The second kappa shape index (κ2) is 8.42. The topological polar surface area (TPSA) is 107 Å². The minimum atomic E-state index is -0.188. The lowest BCUT2D eigenvalue weighted by Crippen LogP contribution is -2.61. The predicted molar refractivity (Wildman–Crippen MR) is 130 cm³/mol. The van der Waals surface area contributed by atoms with Gasteiger partial charge in [-0.15, -0.1) is 0 Å². The molecular formula is C26H29N5O4. The van der Waals surface area contributed by atoms with Crippen molar-refractivity contribution in [3.8, 4) is 5.75 Å². The second-order valence-electron chi connectivity index (χ2n) is 9.98. The van der Waals surface area contributed by atoms with Gasteiger partial charge in [0.05, 0.1) is 28.9 Å². The zero-order valence-electron chi connectivity index (χ0n) is 19.8. The van der Waals surface area contributed by atoms with Crippen LogP contribution in [0.4, 0.5) is 5.82 Å². The molecular weight excluding hydrogens is 446 g/mol. The van der Waals surface area contributed by atoms with E-state index in [1.807, 2.05) is 41.0 Å². The van der Waals surface area contributed by atoms with E-state index in [1.54, 1.807) is 6.92 Å². The van der Waals surface area contributed by atoms with E-state index >= 15 is 0 Å². The largest absolute Gasteiger partial charge is 0.480 e. The molecule has 2 saturated heterocycles. The number of benzene rings is 1. The van der Waals surface area contributed by atoms with Gasteiger partial charge in [-0.25, -0.2) is 9.97 Å². The molecule has 1 amide bonds. The first-order valence-corrected chi connectivity index (χ1v) is 12.2. The quantitative estimate of drug-likeness (QED) is 0.564. The summed E-state index contributed by atoms with van der Waals surface area (Å²) < 4.78 is 13.7. The van der Waals surface area contributed by atoms with Crippen molar-refractivity contribution in [2.45, 2.75) is 63.3 Å². The predicted octanol–water partition coefficient (Wildman–Crippen LogP) is 2.69. The van der Waals surface area contributed by atoms with Crippen LogP contribution in [-0.4, -0.2) is 44.8 Å². The van der Waals surface area contributed by atoms with Crippen molar-refractivity contribution in [2.75, 3.05) is 18.5 Å². The molecule has 35 heavy (non-hydrogen) atoms. The molecule has 3 fully saturated rings. The van der Waals surface area contributed by atoms with Crippen molar-refractivity contribution < 1.29 is 14.3 Å². The van der Waals surface area contributed by atoms with Crippen molar-refractivity contribution in [3.63, 3.8) is 0 Å². The van der Waals surface area contributed by atoms with Crippen LogP contribution in [0.25, 0.3) is 11.0 Å². The van der Waals surface area contributed by atoms with E-state index in [9.17, 15) is 9.59 Å². The molecule has 7 rings (SSSR count). The number of fused-ring (bicyclic) bond motifs is 5. The average Bonchev–Trinajstić information content (AvgIpc) is 2.89. The normalized spacial score (nSPS) is 25.2. The Balaban J connectivity index is 1.11. The molecule has 0 atom stereocenters. The second-order valence-corrected chi connectivity index (χ2v) is 9.98. The highest BCUT2D eigenvalue weighted by molar-refractivity contribution is 5.94. The molecule has 2 N–H and O–H groups in total. The van der Waals surface area contributed by atoms with Crippen LogP contribution >= 0.6 is 0 Å². The van der Waals surface area contributed by atoms with Crippen molar-refractivity contribution in [2.24, 2.45) is 0 Å². The Kier molecular flexibility index (Phi) is 5.34. The maximum Gasteiger partial charge on any atom is 0.272 e. The SMILES string of the molecule is Cc1nc2ccccc2n(CCC23CCC(NCc4ccc5c(n4)NC(=O)CO5)(CC2)CO3)c1=O. The van der Waals surface area contributed by atoms with Crippen molar-refractivity contribution in [1.29, 1.82) is 0 Å². The van der Waals surface area contributed by atoms with Gasteiger partial charge in [-0.1, -0.05) is 12.1 Å². The Morgan fingerprint density at radius 3 is 2.71 bits per heavy atom. The van der Waals surface area contributed by atoms with Crippen LogP contribution in [0.15, 0.2) is 41.2 Å². The number of carbonyl (C=O) groups excluding carboxylic acids is 1. The van der Waals surface area contributed by atoms with Gasteiger partial charge in [-0.3, -0.25) is 9.59 Å². The van der Waals surface area contributed by atoms with Crippen LogP contribution in [0.5, 0.6) is 5.75 Å². The monoisotopic (exact) mass is 475 g/mol. The van der Waals surface area contributed by atoms with E-state index in [0.717, 1.165) is 48.8 Å². The summed E-state index contributed by atoms with van der Waals surface area (Å²) in [4.78, 5) is 33.4. The van der Waals surface area contributed by atoms with E-state index in [4.69, 9.17) is 9.47 Å². The number of pyridine rings is 1. The average molecular weight is 476 g/mol. The summed E-state index contributed by atoms with van der Waals surface area (Å²) in [7, 11) is 0. The van der Waals surface area contributed by atoms with Crippen LogP contribution in [0.2, 0.25) is 0 Å².